The largest absolute Gasteiger partial charge is 0.357 e. The van der Waals surface area contributed by atoms with Gasteiger partial charge in [0.05, 0.1) is 17.7 Å². The molecule has 0 aliphatic carbocycles. The van der Waals surface area contributed by atoms with Crippen molar-refractivity contribution in [1.82, 2.24) is 24.9 Å². The molecular weight excluding hydrogens is 375 g/mol. The molecule has 29 heavy (non-hydrogen) atoms. The quantitative estimate of drug-likeness (QED) is 0.398. The van der Waals surface area contributed by atoms with Gasteiger partial charge in [0.25, 0.3) is 0 Å². The molecule has 1 aromatic carbocycles. The standard InChI is InChI=1S/C19H17FN8O/c1-11(26-18-16-17(23-9-22-16)24-10-25-18)19(29)28-13-6-5-12(20)8-14(13)27-15-4-2-3-7-21-15/h2-11H,1H3,(H,21,27)(H,28,29)(H2,22,23,24,25,26)/t11-/m0/s1. The van der Waals surface area contributed by atoms with Crippen LogP contribution in [-0.4, -0.2) is 36.9 Å². The monoisotopic (exact) mass is 392 g/mol. The minimum absolute atomic E-state index is 0.327. The molecule has 146 valence electrons. The molecule has 0 aliphatic rings. The van der Waals surface area contributed by atoms with Crippen LogP contribution in [0.2, 0.25) is 0 Å². The lowest BCUT2D eigenvalue weighted by Crippen LogP contribution is -2.32. The lowest BCUT2D eigenvalue weighted by molar-refractivity contribution is -0.116. The number of nitrogens with one attached hydrogen (secondary N) is 4. The van der Waals surface area contributed by atoms with Gasteiger partial charge < -0.3 is 20.9 Å². The maximum atomic E-state index is 13.7. The summed E-state index contributed by atoms with van der Waals surface area (Å²) in [5.41, 5.74) is 1.91. The van der Waals surface area contributed by atoms with Crippen LogP contribution in [-0.2, 0) is 4.79 Å². The number of aromatic amines is 1. The van der Waals surface area contributed by atoms with Crippen LogP contribution < -0.4 is 16.0 Å². The van der Waals surface area contributed by atoms with Crippen LogP contribution in [0, 0.1) is 5.82 Å². The van der Waals surface area contributed by atoms with Crippen LogP contribution in [0.3, 0.4) is 0 Å². The zero-order chi connectivity index (χ0) is 20.2. The molecule has 3 aromatic heterocycles. The van der Waals surface area contributed by atoms with Crippen LogP contribution in [0.5, 0.6) is 0 Å². The van der Waals surface area contributed by atoms with Gasteiger partial charge in [-0.05, 0) is 37.3 Å². The van der Waals surface area contributed by atoms with Crippen LogP contribution in [0.4, 0.5) is 27.4 Å². The zero-order valence-corrected chi connectivity index (χ0v) is 15.3. The number of fused-ring (bicyclic) bond motifs is 1. The highest BCUT2D eigenvalue weighted by Gasteiger charge is 2.17. The van der Waals surface area contributed by atoms with Crippen molar-refractivity contribution in [3.63, 3.8) is 0 Å². The van der Waals surface area contributed by atoms with Crippen molar-refractivity contribution in [3.05, 3.63) is 61.1 Å². The number of aromatic nitrogens is 5. The van der Waals surface area contributed by atoms with Gasteiger partial charge in [0.1, 0.15) is 29.5 Å². The van der Waals surface area contributed by atoms with Gasteiger partial charge in [-0.25, -0.2) is 24.3 Å². The van der Waals surface area contributed by atoms with E-state index >= 15 is 0 Å². The van der Waals surface area contributed by atoms with Crippen molar-refractivity contribution in [2.24, 2.45) is 0 Å². The van der Waals surface area contributed by atoms with Crippen LogP contribution in [0.25, 0.3) is 11.2 Å². The smallest absolute Gasteiger partial charge is 0.246 e. The summed E-state index contributed by atoms with van der Waals surface area (Å²) in [5, 5.41) is 8.83. The molecule has 1 atom stereocenters. The topological polar surface area (TPSA) is 121 Å². The first-order valence-electron chi connectivity index (χ1n) is 8.79. The Hall–Kier alpha value is -4.08. The van der Waals surface area contributed by atoms with Gasteiger partial charge >= 0.3 is 0 Å². The second kappa shape index (κ2) is 7.89. The highest BCUT2D eigenvalue weighted by molar-refractivity contribution is 5.99. The minimum Gasteiger partial charge on any atom is -0.357 e. The predicted molar refractivity (Wildman–Crippen MR) is 107 cm³/mol. The Bertz CT molecular complexity index is 1150. The number of rotatable bonds is 6. The Morgan fingerprint density at radius 3 is 2.83 bits per heavy atom. The first-order chi connectivity index (χ1) is 14.1. The number of hydrogen-bond acceptors (Lipinski definition) is 7. The number of imidazole rings is 1. The Morgan fingerprint density at radius 1 is 1.10 bits per heavy atom. The van der Waals surface area contributed by atoms with E-state index in [1.54, 1.807) is 31.3 Å². The molecule has 0 spiro atoms. The molecule has 0 radical (unpaired) electrons. The van der Waals surface area contributed by atoms with E-state index in [4.69, 9.17) is 0 Å². The first kappa shape index (κ1) is 18.3. The van der Waals surface area contributed by atoms with Gasteiger partial charge in [0.15, 0.2) is 11.5 Å². The highest BCUT2D eigenvalue weighted by Crippen LogP contribution is 2.26. The van der Waals surface area contributed by atoms with Gasteiger partial charge in [-0.2, -0.15) is 0 Å². The Labute approximate surface area is 164 Å². The summed E-state index contributed by atoms with van der Waals surface area (Å²) in [4.78, 5) is 32.0. The molecule has 1 amide bonds. The van der Waals surface area contributed by atoms with E-state index in [9.17, 15) is 9.18 Å². The van der Waals surface area contributed by atoms with Crippen molar-refractivity contribution in [2.75, 3.05) is 16.0 Å². The number of anilines is 4. The number of H-pyrrole nitrogens is 1. The molecule has 0 saturated heterocycles. The summed E-state index contributed by atoms with van der Waals surface area (Å²) in [6.45, 7) is 1.69. The normalized spacial score (nSPS) is 11.8. The average Bonchev–Trinajstić information content (AvgIpc) is 3.20. The molecule has 4 rings (SSSR count). The number of benzene rings is 1. The second-order valence-electron chi connectivity index (χ2n) is 6.21. The molecule has 0 aliphatic heterocycles. The van der Waals surface area contributed by atoms with Gasteiger partial charge in [0, 0.05) is 6.20 Å². The van der Waals surface area contributed by atoms with Gasteiger partial charge in [-0.1, -0.05) is 6.07 Å². The van der Waals surface area contributed by atoms with Gasteiger partial charge in [-0.3, -0.25) is 4.79 Å². The molecule has 3 heterocycles. The summed E-state index contributed by atoms with van der Waals surface area (Å²) in [6, 6.07) is 8.74. The number of pyridine rings is 1. The average molecular weight is 392 g/mol. The molecular formula is C19H17FN8O. The second-order valence-corrected chi connectivity index (χ2v) is 6.21. The number of amides is 1. The molecule has 4 N–H and O–H groups in total. The summed E-state index contributed by atoms with van der Waals surface area (Å²) >= 11 is 0. The Balaban J connectivity index is 1.51. The Kier molecular flexibility index (Phi) is 4.97. The fraction of sp³-hybridized carbons (Fsp3) is 0.105. The fourth-order valence-electron chi connectivity index (χ4n) is 2.69. The van der Waals surface area contributed by atoms with Crippen LogP contribution in [0.15, 0.2) is 55.2 Å². The summed E-state index contributed by atoms with van der Waals surface area (Å²) in [6.07, 6.45) is 4.48. The van der Waals surface area contributed by atoms with E-state index in [1.165, 1.54) is 30.9 Å². The van der Waals surface area contributed by atoms with Gasteiger partial charge in [0.2, 0.25) is 5.91 Å². The molecule has 0 bridgehead atoms. The summed E-state index contributed by atoms with van der Waals surface area (Å²) in [7, 11) is 0. The SMILES string of the molecule is C[C@H](Nc1ncnc2nc[nH]c12)C(=O)Nc1ccc(F)cc1Nc1ccccn1. The fourth-order valence-corrected chi connectivity index (χ4v) is 2.69. The zero-order valence-electron chi connectivity index (χ0n) is 15.3. The maximum absolute atomic E-state index is 13.7. The number of hydrogen-bond donors (Lipinski definition) is 4. The van der Waals surface area contributed by atoms with E-state index in [0.29, 0.717) is 34.2 Å². The van der Waals surface area contributed by atoms with Crippen molar-refractivity contribution in [3.8, 4) is 0 Å². The van der Waals surface area contributed by atoms with E-state index in [2.05, 4.69) is 40.9 Å². The van der Waals surface area contributed by atoms with Crippen molar-refractivity contribution < 1.29 is 9.18 Å². The van der Waals surface area contributed by atoms with Crippen molar-refractivity contribution in [1.29, 1.82) is 0 Å². The van der Waals surface area contributed by atoms with E-state index in [-0.39, 0.29) is 5.91 Å². The van der Waals surface area contributed by atoms with Crippen molar-refractivity contribution >= 4 is 40.1 Å². The van der Waals surface area contributed by atoms with E-state index in [0.717, 1.165) is 0 Å². The third kappa shape index (κ3) is 4.10. The number of nitrogens with zero attached hydrogens (tertiary/aromatic N) is 4. The summed E-state index contributed by atoms with van der Waals surface area (Å²) in [5.74, 6) is 0.227. The van der Waals surface area contributed by atoms with Crippen LogP contribution >= 0.6 is 0 Å². The van der Waals surface area contributed by atoms with Crippen molar-refractivity contribution in [2.45, 2.75) is 13.0 Å². The van der Waals surface area contributed by atoms with E-state index < -0.39 is 11.9 Å². The maximum Gasteiger partial charge on any atom is 0.246 e. The Morgan fingerprint density at radius 2 is 2.00 bits per heavy atom. The third-order valence-electron chi connectivity index (χ3n) is 4.14. The molecule has 0 unspecified atom stereocenters. The van der Waals surface area contributed by atoms with E-state index in [1.807, 2.05) is 0 Å². The minimum atomic E-state index is -0.635. The van der Waals surface area contributed by atoms with Gasteiger partial charge in [-0.15, -0.1) is 0 Å². The highest BCUT2D eigenvalue weighted by atomic mass is 19.1. The molecule has 9 nitrogen and oxygen atoms in total. The number of halogens is 1. The number of carbonyl (C=O) groups is 1. The van der Waals surface area contributed by atoms with Crippen LogP contribution in [0.1, 0.15) is 6.92 Å². The first-order valence-corrected chi connectivity index (χ1v) is 8.79. The molecule has 0 saturated carbocycles. The lowest BCUT2D eigenvalue weighted by atomic mass is 10.2. The third-order valence-corrected chi connectivity index (χ3v) is 4.14. The molecule has 0 fully saturated rings. The lowest BCUT2D eigenvalue weighted by Gasteiger charge is -2.17. The predicted octanol–water partition coefficient (Wildman–Crippen LogP) is 3.07. The molecule has 10 heteroatoms. The molecule has 4 aromatic rings. The number of carbonyl (C=O) groups excluding carboxylic acids is 1. The summed E-state index contributed by atoms with van der Waals surface area (Å²) < 4.78 is 13.7.